The van der Waals surface area contributed by atoms with Crippen LogP contribution in [0.1, 0.15) is 75.8 Å². The van der Waals surface area contributed by atoms with Crippen LogP contribution >= 0.6 is 0 Å². The van der Waals surface area contributed by atoms with Crippen LogP contribution < -0.4 is 5.32 Å². The van der Waals surface area contributed by atoms with Crippen molar-refractivity contribution in [3.05, 3.63) is 72.0 Å². The second-order valence-corrected chi connectivity index (χ2v) is 8.90. The summed E-state index contributed by atoms with van der Waals surface area (Å²) in [6.07, 6.45) is 21.2. The molecule has 0 aliphatic rings. The fourth-order valence-corrected chi connectivity index (χ4v) is 4.12. The molecule has 0 aliphatic carbocycles. The van der Waals surface area contributed by atoms with E-state index in [1.165, 1.54) is 44.6 Å². The van der Waals surface area contributed by atoms with Gasteiger partial charge in [-0.05, 0) is 48.4 Å². The van der Waals surface area contributed by atoms with Gasteiger partial charge in [-0.2, -0.15) is 0 Å². The van der Waals surface area contributed by atoms with Crippen molar-refractivity contribution in [2.75, 3.05) is 5.32 Å². The molecule has 5 heteroatoms. The highest BCUT2D eigenvalue weighted by Crippen LogP contribution is 2.22. The van der Waals surface area contributed by atoms with Crippen LogP contribution in [-0.2, 0) is 16.0 Å². The van der Waals surface area contributed by atoms with Gasteiger partial charge < -0.3 is 20.2 Å². The lowest BCUT2D eigenvalue weighted by atomic mass is 9.92. The number of carbonyl (C=O) groups excluding carboxylic acids is 1. The minimum atomic E-state index is -0.933. The Morgan fingerprint density at radius 1 is 1.03 bits per heavy atom. The van der Waals surface area contributed by atoms with Crippen LogP contribution in [0.5, 0.6) is 0 Å². The second kappa shape index (κ2) is 16.5. The minimum absolute atomic E-state index is 0.0638. The van der Waals surface area contributed by atoms with Crippen molar-refractivity contribution < 1.29 is 14.7 Å². The van der Waals surface area contributed by atoms with E-state index in [-0.39, 0.29) is 6.04 Å². The maximum atomic E-state index is 11.1. The van der Waals surface area contributed by atoms with Crippen molar-refractivity contribution in [2.24, 2.45) is 5.92 Å². The molecular weight excluding hydrogens is 424 g/mol. The van der Waals surface area contributed by atoms with Gasteiger partial charge in [-0.15, -0.1) is 0 Å². The lowest BCUT2D eigenvalue weighted by Crippen LogP contribution is -2.18. The van der Waals surface area contributed by atoms with Crippen molar-refractivity contribution in [3.63, 3.8) is 0 Å². The summed E-state index contributed by atoms with van der Waals surface area (Å²) in [4.78, 5) is 25.1. The van der Waals surface area contributed by atoms with Crippen molar-refractivity contribution in [1.82, 2.24) is 4.98 Å². The quantitative estimate of drug-likeness (QED) is 0.126. The molecule has 2 rings (SSSR count). The van der Waals surface area contributed by atoms with Gasteiger partial charge in [-0.3, -0.25) is 0 Å². The first-order chi connectivity index (χ1) is 16.6. The lowest BCUT2D eigenvalue weighted by Gasteiger charge is -2.19. The summed E-state index contributed by atoms with van der Waals surface area (Å²) in [5.41, 5.74) is 2.14. The van der Waals surface area contributed by atoms with Crippen molar-refractivity contribution in [2.45, 2.75) is 77.2 Å². The number of nitrogens with one attached hydrogen (secondary N) is 2. The molecule has 34 heavy (non-hydrogen) atoms. The highest BCUT2D eigenvalue weighted by Gasteiger charge is 2.11. The number of carbonyl (C=O) groups is 2. The number of hydrogen-bond donors (Lipinski definition) is 3. The SMILES string of the molecule is CCCCCCCC[C@H](/C=C/c1cccc(CC=O)c1)CC[C@H](/C=C/C(=O)O)Nc1ccc[nH]1. The van der Waals surface area contributed by atoms with Gasteiger partial charge in [-0.25, -0.2) is 4.79 Å². The van der Waals surface area contributed by atoms with E-state index < -0.39 is 5.97 Å². The normalized spacial score (nSPS) is 13.3. The van der Waals surface area contributed by atoms with E-state index in [9.17, 15) is 9.59 Å². The van der Waals surface area contributed by atoms with Crippen LogP contribution in [0.3, 0.4) is 0 Å². The van der Waals surface area contributed by atoms with Gasteiger partial charge >= 0.3 is 5.97 Å². The third-order valence-corrected chi connectivity index (χ3v) is 6.02. The first-order valence-corrected chi connectivity index (χ1v) is 12.6. The number of H-pyrrole nitrogens is 1. The van der Waals surface area contributed by atoms with E-state index >= 15 is 0 Å². The average molecular weight is 465 g/mol. The first-order valence-electron chi connectivity index (χ1n) is 12.6. The van der Waals surface area contributed by atoms with Gasteiger partial charge in [0.25, 0.3) is 0 Å². The van der Waals surface area contributed by atoms with Gasteiger partial charge in [0.15, 0.2) is 0 Å². The summed E-state index contributed by atoms with van der Waals surface area (Å²) in [7, 11) is 0. The Kier molecular flexibility index (Phi) is 13.2. The molecule has 0 radical (unpaired) electrons. The van der Waals surface area contributed by atoms with Crippen LogP contribution in [0.25, 0.3) is 6.08 Å². The Labute approximate surface area is 204 Å². The van der Waals surface area contributed by atoms with E-state index in [0.717, 1.165) is 42.5 Å². The summed E-state index contributed by atoms with van der Waals surface area (Å²) >= 11 is 0. The van der Waals surface area contributed by atoms with Gasteiger partial charge in [0.05, 0.1) is 0 Å². The molecule has 3 N–H and O–H groups in total. The number of aromatic nitrogens is 1. The smallest absolute Gasteiger partial charge is 0.328 e. The minimum Gasteiger partial charge on any atom is -0.478 e. The largest absolute Gasteiger partial charge is 0.478 e. The second-order valence-electron chi connectivity index (χ2n) is 8.90. The number of hydrogen-bond acceptors (Lipinski definition) is 3. The van der Waals surface area contributed by atoms with Crippen LogP contribution in [-0.4, -0.2) is 28.4 Å². The topological polar surface area (TPSA) is 82.2 Å². The zero-order valence-electron chi connectivity index (χ0n) is 20.4. The Morgan fingerprint density at radius 3 is 2.59 bits per heavy atom. The van der Waals surface area contributed by atoms with E-state index in [4.69, 9.17) is 5.11 Å². The van der Waals surface area contributed by atoms with Gasteiger partial charge in [0.1, 0.15) is 12.1 Å². The van der Waals surface area contributed by atoms with Gasteiger partial charge in [0.2, 0.25) is 0 Å². The zero-order valence-corrected chi connectivity index (χ0v) is 20.4. The predicted octanol–water partition coefficient (Wildman–Crippen LogP) is 7.04. The fraction of sp³-hybridized carbons (Fsp3) is 0.448. The average Bonchev–Trinajstić information content (AvgIpc) is 3.34. The highest BCUT2D eigenvalue weighted by atomic mass is 16.4. The molecule has 5 nitrogen and oxygen atoms in total. The molecule has 0 spiro atoms. The van der Waals surface area contributed by atoms with Crippen LogP contribution in [0.2, 0.25) is 0 Å². The predicted molar refractivity (Wildman–Crippen MR) is 141 cm³/mol. The Morgan fingerprint density at radius 2 is 1.85 bits per heavy atom. The summed E-state index contributed by atoms with van der Waals surface area (Å²) in [5.74, 6) is 0.360. The molecule has 1 aromatic carbocycles. The number of allylic oxidation sites excluding steroid dienone is 1. The molecule has 0 saturated carbocycles. The molecule has 0 amide bonds. The van der Waals surface area contributed by atoms with Gasteiger partial charge in [0, 0.05) is 24.7 Å². The third kappa shape index (κ3) is 11.7. The number of unbranched alkanes of at least 4 members (excludes halogenated alkanes) is 5. The number of anilines is 1. The monoisotopic (exact) mass is 464 g/mol. The number of rotatable bonds is 18. The number of aldehydes is 1. The molecule has 1 aromatic heterocycles. The summed E-state index contributed by atoms with van der Waals surface area (Å²) in [6, 6.07) is 11.9. The van der Waals surface area contributed by atoms with Crippen LogP contribution in [0.15, 0.2) is 60.8 Å². The number of benzene rings is 1. The van der Waals surface area contributed by atoms with E-state index in [1.807, 2.05) is 30.5 Å². The number of aromatic amines is 1. The molecule has 0 fully saturated rings. The zero-order chi connectivity index (χ0) is 24.4. The van der Waals surface area contributed by atoms with Crippen molar-refractivity contribution >= 4 is 24.1 Å². The number of carboxylic acids is 1. The Balaban J connectivity index is 2.02. The Bertz CT molecular complexity index is 887. The molecule has 0 bridgehead atoms. The number of aliphatic carboxylic acids is 1. The molecule has 0 unspecified atom stereocenters. The van der Waals surface area contributed by atoms with Crippen molar-refractivity contribution in [1.29, 1.82) is 0 Å². The number of carboxylic acid groups (broad SMARTS) is 1. The molecule has 184 valence electrons. The molecule has 0 aliphatic heterocycles. The standard InChI is InChI=1S/C29H40N2O3/c1-2-3-4-5-6-7-10-24(14-15-25-11-8-12-26(23-25)20-22-32)16-17-27(18-19-29(33)34)31-28-13-9-21-30-28/h8-9,11-15,18-19,21-24,27,30-31H,2-7,10,16-17,20H2,1H3,(H,33,34)/b15-14+,19-18+/t24-,27-/m1/s1. The fourth-order valence-electron chi connectivity index (χ4n) is 4.12. The van der Waals surface area contributed by atoms with E-state index in [0.29, 0.717) is 12.3 Å². The molecular formula is C29H40N2O3. The highest BCUT2D eigenvalue weighted by molar-refractivity contribution is 5.79. The molecule has 2 aromatic rings. The van der Waals surface area contributed by atoms with Gasteiger partial charge in [-0.1, -0.05) is 87.9 Å². The van der Waals surface area contributed by atoms with E-state index in [1.54, 1.807) is 6.08 Å². The van der Waals surface area contributed by atoms with Crippen LogP contribution in [0, 0.1) is 5.92 Å². The summed E-state index contributed by atoms with van der Waals surface area (Å²) < 4.78 is 0. The summed E-state index contributed by atoms with van der Waals surface area (Å²) in [6.45, 7) is 2.24. The summed E-state index contributed by atoms with van der Waals surface area (Å²) in [5, 5.41) is 12.5. The van der Waals surface area contributed by atoms with E-state index in [2.05, 4.69) is 41.5 Å². The van der Waals surface area contributed by atoms with Crippen LogP contribution in [0.4, 0.5) is 5.82 Å². The Hall–Kier alpha value is -3.08. The lowest BCUT2D eigenvalue weighted by molar-refractivity contribution is -0.131. The molecule has 2 atom stereocenters. The maximum absolute atomic E-state index is 11.1. The maximum Gasteiger partial charge on any atom is 0.328 e. The first kappa shape index (κ1) is 27.2. The third-order valence-electron chi connectivity index (χ3n) is 6.02. The molecule has 1 heterocycles. The molecule has 0 saturated heterocycles. The van der Waals surface area contributed by atoms with Crippen molar-refractivity contribution in [3.8, 4) is 0 Å².